The van der Waals surface area contributed by atoms with E-state index in [1.807, 2.05) is 0 Å². The second-order valence-electron chi connectivity index (χ2n) is 3.75. The topological polar surface area (TPSA) is 144 Å². The minimum atomic E-state index is -1.07. The van der Waals surface area contributed by atoms with Crippen LogP contribution in [0.3, 0.4) is 0 Å². The summed E-state index contributed by atoms with van der Waals surface area (Å²) in [5.74, 6) is 0. The predicted octanol–water partition coefficient (Wildman–Crippen LogP) is -1.46. The molecule has 1 heterocycles. The fraction of sp³-hybridized carbons (Fsp3) is 0.556. The smallest absolute Gasteiger partial charge is 0.141 e. The van der Waals surface area contributed by atoms with Gasteiger partial charge >= 0.3 is 0 Å². The summed E-state index contributed by atoms with van der Waals surface area (Å²) in [6.07, 6.45) is 0.467. The average molecular weight is 259 g/mol. The van der Waals surface area contributed by atoms with Gasteiger partial charge in [0, 0.05) is 6.42 Å². The van der Waals surface area contributed by atoms with Crippen molar-refractivity contribution < 1.29 is 10.2 Å². The van der Waals surface area contributed by atoms with Crippen molar-refractivity contribution in [1.82, 2.24) is 10.2 Å². The van der Waals surface area contributed by atoms with Gasteiger partial charge in [0.05, 0.1) is 18.2 Å². The third kappa shape index (κ3) is 3.28. The van der Waals surface area contributed by atoms with E-state index in [0.29, 0.717) is 10.0 Å². The molecule has 2 unspecified atom stereocenters. The SMILES string of the molecule is C=CC(N)(CC(N)O)c1nnc([C@@H](N)CO)s1. The van der Waals surface area contributed by atoms with E-state index in [-0.39, 0.29) is 13.0 Å². The first-order valence-corrected chi connectivity index (χ1v) is 5.81. The number of hydrogen-bond acceptors (Lipinski definition) is 8. The Morgan fingerprint density at radius 3 is 2.59 bits per heavy atom. The van der Waals surface area contributed by atoms with E-state index in [1.54, 1.807) is 0 Å². The molecular formula is C9H17N5O2S. The molecule has 0 amide bonds. The molecule has 0 aliphatic heterocycles. The van der Waals surface area contributed by atoms with Gasteiger partial charge in [0.25, 0.3) is 0 Å². The fourth-order valence-corrected chi connectivity index (χ4v) is 2.20. The van der Waals surface area contributed by atoms with Gasteiger partial charge in [-0.1, -0.05) is 17.4 Å². The quantitative estimate of drug-likeness (QED) is 0.310. The van der Waals surface area contributed by atoms with Gasteiger partial charge in [-0.2, -0.15) is 0 Å². The number of aliphatic hydroxyl groups excluding tert-OH is 2. The van der Waals surface area contributed by atoms with E-state index in [0.717, 1.165) is 0 Å². The number of aromatic nitrogens is 2. The van der Waals surface area contributed by atoms with E-state index < -0.39 is 17.8 Å². The standard InChI is InChI=1S/C9H17N5O2S/c1-2-9(12,3-6(11)16)8-14-13-7(17-8)5(10)4-15/h2,5-6,15-16H,1,3-4,10-12H2/t5-,6?,9?/m0/s1. The van der Waals surface area contributed by atoms with Crippen molar-refractivity contribution in [3.05, 3.63) is 22.7 Å². The first-order chi connectivity index (χ1) is 7.92. The Morgan fingerprint density at radius 2 is 2.12 bits per heavy atom. The summed E-state index contributed by atoms with van der Waals surface area (Å²) < 4.78 is 0. The molecule has 0 aliphatic rings. The van der Waals surface area contributed by atoms with Gasteiger partial charge in [-0.15, -0.1) is 16.8 Å². The van der Waals surface area contributed by atoms with Crippen molar-refractivity contribution in [3.8, 4) is 0 Å². The Bertz CT molecular complexity index is 383. The lowest BCUT2D eigenvalue weighted by Crippen LogP contribution is -2.40. The zero-order valence-electron chi connectivity index (χ0n) is 9.28. The van der Waals surface area contributed by atoms with Gasteiger partial charge in [0.1, 0.15) is 16.2 Å². The van der Waals surface area contributed by atoms with Crippen LogP contribution >= 0.6 is 11.3 Å². The molecule has 0 spiro atoms. The third-order valence-corrected chi connectivity index (χ3v) is 3.51. The lowest BCUT2D eigenvalue weighted by Gasteiger charge is -2.23. The average Bonchev–Trinajstić information content (AvgIpc) is 2.76. The summed E-state index contributed by atoms with van der Waals surface area (Å²) in [5, 5.41) is 26.8. The molecule has 0 radical (unpaired) electrons. The highest BCUT2D eigenvalue weighted by Crippen LogP contribution is 2.28. The van der Waals surface area contributed by atoms with Crippen LogP contribution in [0.25, 0.3) is 0 Å². The largest absolute Gasteiger partial charge is 0.394 e. The molecule has 17 heavy (non-hydrogen) atoms. The van der Waals surface area contributed by atoms with Crippen molar-refractivity contribution in [1.29, 1.82) is 0 Å². The van der Waals surface area contributed by atoms with Crippen molar-refractivity contribution in [3.63, 3.8) is 0 Å². The number of nitrogens with two attached hydrogens (primary N) is 3. The molecule has 7 nitrogen and oxygen atoms in total. The van der Waals surface area contributed by atoms with E-state index >= 15 is 0 Å². The summed E-state index contributed by atoms with van der Waals surface area (Å²) in [4.78, 5) is 0. The monoisotopic (exact) mass is 259 g/mol. The maximum atomic E-state index is 9.18. The second-order valence-corrected chi connectivity index (χ2v) is 4.76. The van der Waals surface area contributed by atoms with Crippen LogP contribution in [0.15, 0.2) is 12.7 Å². The van der Waals surface area contributed by atoms with Crippen LogP contribution in [-0.4, -0.2) is 33.2 Å². The molecule has 8 heteroatoms. The van der Waals surface area contributed by atoms with Crippen LogP contribution in [0, 0.1) is 0 Å². The molecule has 0 saturated heterocycles. The molecule has 8 N–H and O–H groups in total. The van der Waals surface area contributed by atoms with Gasteiger partial charge in [-0.05, 0) is 0 Å². The number of aliphatic hydroxyl groups is 2. The first kappa shape index (κ1) is 14.2. The molecule has 0 bridgehead atoms. The van der Waals surface area contributed by atoms with Crippen molar-refractivity contribution in [2.24, 2.45) is 17.2 Å². The summed E-state index contributed by atoms with van der Waals surface area (Å²) in [6.45, 7) is 3.38. The maximum Gasteiger partial charge on any atom is 0.141 e. The second kappa shape index (κ2) is 5.63. The molecule has 1 aromatic heterocycles. The van der Waals surface area contributed by atoms with E-state index in [9.17, 15) is 5.11 Å². The maximum absolute atomic E-state index is 9.18. The normalized spacial score (nSPS) is 18.4. The zero-order valence-corrected chi connectivity index (χ0v) is 10.1. The number of nitrogens with zero attached hydrogens (tertiary/aromatic N) is 2. The predicted molar refractivity (Wildman–Crippen MR) is 64.8 cm³/mol. The third-order valence-electron chi connectivity index (χ3n) is 2.26. The summed E-state index contributed by atoms with van der Waals surface area (Å²) >= 11 is 1.17. The highest BCUT2D eigenvalue weighted by molar-refractivity contribution is 7.11. The molecule has 96 valence electrons. The molecule has 1 rings (SSSR count). The fourth-order valence-electron chi connectivity index (χ4n) is 1.25. The van der Waals surface area contributed by atoms with Crippen molar-refractivity contribution in [2.45, 2.75) is 24.2 Å². The Labute approximate surface area is 103 Å². The van der Waals surface area contributed by atoms with Gasteiger partial charge in [-0.25, -0.2) is 0 Å². The minimum absolute atomic E-state index is 0.0828. The van der Waals surface area contributed by atoms with Crippen LogP contribution < -0.4 is 17.2 Å². The molecule has 0 aromatic carbocycles. The first-order valence-electron chi connectivity index (χ1n) is 4.99. The highest BCUT2D eigenvalue weighted by atomic mass is 32.1. The number of rotatable bonds is 6. The molecule has 3 atom stereocenters. The van der Waals surface area contributed by atoms with Gasteiger partial charge in [0.2, 0.25) is 0 Å². The Balaban J connectivity index is 2.96. The van der Waals surface area contributed by atoms with E-state index in [1.165, 1.54) is 17.4 Å². The molecular weight excluding hydrogens is 242 g/mol. The van der Waals surface area contributed by atoms with Crippen LogP contribution in [0.4, 0.5) is 0 Å². The van der Waals surface area contributed by atoms with Crippen LogP contribution in [-0.2, 0) is 5.54 Å². The number of hydrogen-bond donors (Lipinski definition) is 5. The Kier molecular flexibility index (Phi) is 4.69. The van der Waals surface area contributed by atoms with Gasteiger partial charge in [-0.3, -0.25) is 0 Å². The molecule has 0 fully saturated rings. The molecule has 0 saturated carbocycles. The lowest BCUT2D eigenvalue weighted by molar-refractivity contribution is 0.149. The Morgan fingerprint density at radius 1 is 1.47 bits per heavy atom. The van der Waals surface area contributed by atoms with Crippen molar-refractivity contribution in [2.75, 3.05) is 6.61 Å². The van der Waals surface area contributed by atoms with Crippen LogP contribution in [0.2, 0.25) is 0 Å². The van der Waals surface area contributed by atoms with E-state index in [4.69, 9.17) is 22.3 Å². The van der Waals surface area contributed by atoms with Gasteiger partial charge < -0.3 is 27.4 Å². The summed E-state index contributed by atoms with van der Waals surface area (Å²) in [7, 11) is 0. The summed E-state index contributed by atoms with van der Waals surface area (Å²) in [6, 6.07) is -0.585. The van der Waals surface area contributed by atoms with Gasteiger partial charge in [0.15, 0.2) is 0 Å². The lowest BCUT2D eigenvalue weighted by atomic mass is 9.97. The Hall–Kier alpha value is -0.900. The molecule has 1 aromatic rings. The zero-order chi connectivity index (χ0) is 13.1. The van der Waals surface area contributed by atoms with Crippen LogP contribution in [0.1, 0.15) is 22.5 Å². The van der Waals surface area contributed by atoms with Crippen LogP contribution in [0.5, 0.6) is 0 Å². The minimum Gasteiger partial charge on any atom is -0.394 e. The summed E-state index contributed by atoms with van der Waals surface area (Å²) in [5.41, 5.74) is 15.9. The molecule has 0 aliphatic carbocycles. The highest BCUT2D eigenvalue weighted by Gasteiger charge is 2.30. The van der Waals surface area contributed by atoms with Crippen molar-refractivity contribution >= 4 is 11.3 Å². The van der Waals surface area contributed by atoms with E-state index in [2.05, 4.69) is 16.8 Å².